The Morgan fingerprint density at radius 1 is 1.20 bits per heavy atom. The van der Waals surface area contributed by atoms with Gasteiger partial charge in [-0.05, 0) is 66.9 Å². The van der Waals surface area contributed by atoms with E-state index in [1.165, 1.54) is 34.7 Å². The number of anilines is 4. The molecular weight excluding hydrogens is 782 g/mol. The van der Waals surface area contributed by atoms with Gasteiger partial charge in [0, 0.05) is 35.9 Å². The first kappa shape index (κ1) is 33.6. The Hall–Kier alpha value is -3.89. The van der Waals surface area contributed by atoms with Gasteiger partial charge in [0.05, 0.1) is 27.9 Å². The van der Waals surface area contributed by atoms with Crippen molar-refractivity contribution in [3.8, 4) is 5.75 Å². The van der Waals surface area contributed by atoms with E-state index in [0.717, 1.165) is 43.7 Å². The second-order valence-corrected chi connectivity index (χ2v) is 14.1. The molecule has 10 nitrogen and oxygen atoms in total. The number of carbonyl (C=O) groups is 2. The smallest absolute Gasteiger partial charge is 0.332 e. The average Bonchev–Trinajstić information content (AvgIpc) is 3.74. The number of amides is 3. The number of hydrogen-bond acceptors (Lipinski definition) is 8. The lowest BCUT2D eigenvalue weighted by Gasteiger charge is -2.29. The summed E-state index contributed by atoms with van der Waals surface area (Å²) in [4.78, 5) is 40.9. The van der Waals surface area contributed by atoms with Crippen molar-refractivity contribution in [2.24, 2.45) is 0 Å². The molecule has 0 aliphatic carbocycles. The molecule has 0 radical (unpaired) electrons. The fraction of sp³-hybridized carbons (Fsp3) is 0.257. The number of halogens is 3. The van der Waals surface area contributed by atoms with Crippen molar-refractivity contribution in [1.82, 2.24) is 14.9 Å². The maximum atomic E-state index is 13.8. The van der Waals surface area contributed by atoms with Gasteiger partial charge in [0.1, 0.15) is 34.2 Å². The van der Waals surface area contributed by atoms with Crippen LogP contribution in [0.25, 0.3) is 10.2 Å². The summed E-state index contributed by atoms with van der Waals surface area (Å²) in [6, 6.07) is 16.8. The van der Waals surface area contributed by atoms with Crippen molar-refractivity contribution < 1.29 is 23.5 Å². The minimum atomic E-state index is -0.499. The minimum Gasteiger partial charge on any atom is -0.487 e. The topological polar surface area (TPSA) is 109 Å². The van der Waals surface area contributed by atoms with Crippen LogP contribution in [0, 0.1) is 5.82 Å². The number of urea groups is 1. The molecule has 7 rings (SSSR count). The molecule has 2 aliphatic rings. The highest BCUT2D eigenvalue weighted by atomic mass is 127. The lowest BCUT2D eigenvalue weighted by molar-refractivity contribution is 0.0793. The van der Waals surface area contributed by atoms with Gasteiger partial charge in [0.15, 0.2) is 5.82 Å². The summed E-state index contributed by atoms with van der Waals surface area (Å²) in [5.41, 5.74) is 4.02. The minimum absolute atomic E-state index is 0.0766. The molecule has 3 aromatic carbocycles. The van der Waals surface area contributed by atoms with Crippen LogP contribution >= 0.6 is 45.5 Å². The van der Waals surface area contributed by atoms with Crippen LogP contribution in [0.4, 0.5) is 32.1 Å². The molecule has 2 aromatic heterocycles. The summed E-state index contributed by atoms with van der Waals surface area (Å²) in [6.45, 7) is 2.56. The summed E-state index contributed by atoms with van der Waals surface area (Å²) < 4.78 is 26.0. The Morgan fingerprint density at radius 2 is 2.04 bits per heavy atom. The fourth-order valence-electron chi connectivity index (χ4n) is 6.04. The molecule has 2 aliphatic heterocycles. The Labute approximate surface area is 304 Å². The molecule has 1 saturated heterocycles. The number of carbonyl (C=O) groups excluding carboxylic acids is 2. The van der Waals surface area contributed by atoms with E-state index in [2.05, 4.69) is 55.1 Å². The molecule has 252 valence electrons. The third kappa shape index (κ3) is 7.22. The number of alkyl halides is 1. The maximum absolute atomic E-state index is 13.8. The van der Waals surface area contributed by atoms with E-state index in [1.807, 2.05) is 24.3 Å². The Balaban J connectivity index is 1.13. The van der Waals surface area contributed by atoms with Crippen molar-refractivity contribution >= 4 is 90.6 Å². The molecule has 2 N–H and O–H groups in total. The number of thiophene rings is 1. The number of aromatic nitrogens is 2. The van der Waals surface area contributed by atoms with Gasteiger partial charge in [-0.25, -0.2) is 24.1 Å². The highest BCUT2D eigenvalue weighted by Crippen LogP contribution is 2.47. The van der Waals surface area contributed by atoms with Crippen LogP contribution in [-0.2, 0) is 22.3 Å². The molecule has 1 fully saturated rings. The third-order valence-corrected chi connectivity index (χ3v) is 10.5. The first-order chi connectivity index (χ1) is 23.8. The zero-order chi connectivity index (χ0) is 34.1. The van der Waals surface area contributed by atoms with Gasteiger partial charge in [-0.15, -0.1) is 11.3 Å². The monoisotopic (exact) mass is 812 g/mol. The summed E-state index contributed by atoms with van der Waals surface area (Å²) >= 11 is 9.96. The van der Waals surface area contributed by atoms with Crippen LogP contribution in [0.1, 0.15) is 39.2 Å². The maximum Gasteiger partial charge on any atom is 0.332 e. The van der Waals surface area contributed by atoms with Crippen molar-refractivity contribution in [1.29, 1.82) is 0 Å². The van der Waals surface area contributed by atoms with E-state index in [0.29, 0.717) is 58.7 Å². The number of nitrogens with one attached hydrogen (secondary N) is 2. The van der Waals surface area contributed by atoms with Gasteiger partial charge in [-0.1, -0.05) is 58.5 Å². The molecule has 0 spiro atoms. The van der Waals surface area contributed by atoms with Crippen LogP contribution < -0.4 is 20.3 Å². The van der Waals surface area contributed by atoms with Crippen LogP contribution in [0.2, 0.25) is 5.02 Å². The lowest BCUT2D eigenvalue weighted by atomic mass is 10.1. The molecule has 3 amide bonds. The Bertz CT molecular complexity index is 2040. The predicted molar refractivity (Wildman–Crippen MR) is 198 cm³/mol. The summed E-state index contributed by atoms with van der Waals surface area (Å²) in [5, 5.41) is 6.79. The van der Waals surface area contributed by atoms with Crippen molar-refractivity contribution in [3.63, 3.8) is 0 Å². The molecule has 49 heavy (non-hydrogen) atoms. The first-order valence-electron chi connectivity index (χ1n) is 15.6. The first-order valence-corrected chi connectivity index (χ1v) is 18.3. The predicted octanol–water partition coefficient (Wildman–Crippen LogP) is 8.54. The van der Waals surface area contributed by atoms with Gasteiger partial charge in [-0.2, -0.15) is 0 Å². The van der Waals surface area contributed by atoms with Gasteiger partial charge in [0.25, 0.3) is 5.91 Å². The Kier molecular flexibility index (Phi) is 9.96. The highest BCUT2D eigenvalue weighted by molar-refractivity contribution is 14.1. The van der Waals surface area contributed by atoms with E-state index in [9.17, 15) is 14.0 Å². The number of nitrogens with zero attached hydrogens (tertiary/aromatic N) is 4. The van der Waals surface area contributed by atoms with E-state index in [1.54, 1.807) is 24.3 Å². The second kappa shape index (κ2) is 14.5. The van der Waals surface area contributed by atoms with Gasteiger partial charge in [0.2, 0.25) is 0 Å². The van der Waals surface area contributed by atoms with E-state index < -0.39 is 6.03 Å². The summed E-state index contributed by atoms with van der Waals surface area (Å²) in [5.74, 6) is -0.0783. The SMILES string of the molecule is CN(Cc1ccc(NC(=O)c2sc3ncnc4c3c2NC(=O)N4c2cc(OCc3cccc(F)c3)c(Cl)cc2CI)cc1)C[C@H]1CCCO1. The van der Waals surface area contributed by atoms with Crippen LogP contribution in [0.15, 0.2) is 67.0 Å². The number of rotatable bonds is 11. The van der Waals surface area contributed by atoms with Gasteiger partial charge in [-0.3, -0.25) is 9.69 Å². The third-order valence-electron chi connectivity index (χ3n) is 8.33. The van der Waals surface area contributed by atoms with Gasteiger partial charge >= 0.3 is 6.03 Å². The largest absolute Gasteiger partial charge is 0.487 e. The number of likely N-dealkylation sites (N-methyl/N-ethyl adjacent to an activating group) is 1. The fourth-order valence-corrected chi connectivity index (χ4v) is 7.88. The van der Waals surface area contributed by atoms with Crippen LogP contribution in [0.5, 0.6) is 5.75 Å². The highest BCUT2D eigenvalue weighted by Gasteiger charge is 2.35. The molecule has 1 atom stereocenters. The van der Waals surface area contributed by atoms with Gasteiger partial charge < -0.3 is 20.1 Å². The molecule has 0 saturated carbocycles. The van der Waals surface area contributed by atoms with Crippen molar-refractivity contribution in [3.05, 3.63) is 99.4 Å². The van der Waals surface area contributed by atoms with E-state index >= 15 is 0 Å². The van der Waals surface area contributed by atoms with E-state index in [4.69, 9.17) is 21.1 Å². The quantitative estimate of drug-likeness (QED) is 0.102. The molecule has 0 bridgehead atoms. The average molecular weight is 813 g/mol. The molecule has 14 heteroatoms. The Morgan fingerprint density at radius 3 is 2.80 bits per heavy atom. The van der Waals surface area contributed by atoms with E-state index in [-0.39, 0.29) is 24.4 Å². The summed E-state index contributed by atoms with van der Waals surface area (Å²) in [7, 11) is 2.08. The standard InChI is InChI=1S/C35H31ClFIN6O4S/c1-43(17-25-6-3-11-47-25)16-20-7-9-24(10-8-20)41-33(45)31-30-29-32(39-19-40-34(29)49-31)44(35(46)42-30)27-14-28(26(36)13-22(27)15-38)48-18-21-4-2-5-23(37)12-21/h2,4-5,7-10,12-14,19,25H,3,6,11,15-18H2,1H3,(H,41,45)(H,42,46)/t25-/m1/s1. The number of benzene rings is 3. The zero-order valence-corrected chi connectivity index (χ0v) is 30.1. The van der Waals surface area contributed by atoms with Crippen molar-refractivity contribution in [2.45, 2.75) is 36.5 Å². The zero-order valence-electron chi connectivity index (χ0n) is 26.3. The lowest BCUT2D eigenvalue weighted by Crippen LogP contribution is -2.35. The molecule has 5 aromatic rings. The van der Waals surface area contributed by atoms with Crippen LogP contribution in [-0.4, -0.2) is 53.1 Å². The number of hydrogen-bond donors (Lipinski definition) is 2. The summed E-state index contributed by atoms with van der Waals surface area (Å²) in [6.07, 6.45) is 3.87. The second-order valence-electron chi connectivity index (χ2n) is 11.9. The molecule has 4 heterocycles. The molecule has 0 unspecified atom stereocenters. The van der Waals surface area contributed by atoms with Crippen LogP contribution in [0.3, 0.4) is 0 Å². The molecular formula is C35H31ClFIN6O4S. The number of ether oxygens (including phenoxy) is 2. The normalized spacial score (nSPS) is 15.6. The van der Waals surface area contributed by atoms with Crippen molar-refractivity contribution in [2.75, 3.05) is 35.7 Å².